The Morgan fingerprint density at radius 3 is 2.50 bits per heavy atom. The molecule has 168 valence electrons. The van der Waals surface area contributed by atoms with Gasteiger partial charge in [0.15, 0.2) is 5.17 Å². The minimum absolute atomic E-state index is 0.00732. The Bertz CT molecular complexity index is 1150. The van der Waals surface area contributed by atoms with Gasteiger partial charge in [-0.3, -0.25) is 14.5 Å². The molecular weight excluding hydrogens is 474 g/mol. The van der Waals surface area contributed by atoms with Crippen LogP contribution in [0.15, 0.2) is 70.5 Å². The highest BCUT2D eigenvalue weighted by Gasteiger charge is 2.39. The molecule has 1 aliphatic rings. The molecule has 0 spiro atoms. The lowest BCUT2D eigenvalue weighted by atomic mass is 10.2. The van der Waals surface area contributed by atoms with Gasteiger partial charge in [0.1, 0.15) is 11.0 Å². The molecular formula is C21H20ClN3O5S2. The first-order chi connectivity index (χ1) is 15.2. The van der Waals surface area contributed by atoms with Crippen molar-refractivity contribution in [1.29, 1.82) is 0 Å². The smallest absolute Gasteiger partial charge is 0.284 e. The van der Waals surface area contributed by atoms with E-state index >= 15 is 0 Å². The molecule has 32 heavy (non-hydrogen) atoms. The third kappa shape index (κ3) is 5.70. The van der Waals surface area contributed by atoms with Crippen LogP contribution in [0.2, 0.25) is 5.02 Å². The number of anilines is 1. The molecule has 2 amide bonds. The molecule has 8 nitrogen and oxygen atoms in total. The summed E-state index contributed by atoms with van der Waals surface area (Å²) >= 11 is 6.74. The van der Waals surface area contributed by atoms with Crippen molar-refractivity contribution in [2.24, 2.45) is 4.40 Å². The maximum absolute atomic E-state index is 12.8. The summed E-state index contributed by atoms with van der Waals surface area (Å²) in [5.74, 6) is -0.154. The molecule has 1 heterocycles. The first kappa shape index (κ1) is 23.8. The fraction of sp³-hybridized carbons (Fsp3) is 0.190. The minimum Gasteiger partial charge on any atom is -0.497 e. The Kier molecular flexibility index (Phi) is 7.60. The summed E-state index contributed by atoms with van der Waals surface area (Å²) in [5.41, 5.74) is 0.549. The van der Waals surface area contributed by atoms with Crippen LogP contribution in [0.25, 0.3) is 0 Å². The summed E-state index contributed by atoms with van der Waals surface area (Å²) in [7, 11) is -2.53. The number of carbonyl (C=O) groups excluding carboxylic acids is 2. The molecule has 11 heteroatoms. The van der Waals surface area contributed by atoms with Crippen molar-refractivity contribution in [2.45, 2.75) is 16.6 Å². The quantitative estimate of drug-likeness (QED) is 0.564. The number of thioether (sulfide) groups is 1. The summed E-state index contributed by atoms with van der Waals surface area (Å²) in [4.78, 5) is 26.4. The van der Waals surface area contributed by atoms with Crippen LogP contribution < -0.4 is 10.1 Å². The number of nitrogens with zero attached hydrogens (tertiary/aromatic N) is 2. The second kappa shape index (κ2) is 10.2. The number of hydrogen-bond donors (Lipinski definition) is 1. The van der Waals surface area contributed by atoms with Crippen molar-refractivity contribution in [2.75, 3.05) is 19.0 Å². The third-order valence-electron chi connectivity index (χ3n) is 4.39. The van der Waals surface area contributed by atoms with E-state index in [1.165, 1.54) is 42.4 Å². The molecule has 1 aliphatic heterocycles. The molecule has 0 aliphatic carbocycles. The zero-order valence-corrected chi connectivity index (χ0v) is 19.4. The standard InChI is InChI=1S/C21H20ClN3O5S2/c1-3-12-25-20(27)18(13-19(26)23-15-6-8-16(30-2)9-7-15)31-21(25)24-32(28,29)17-10-4-14(22)5-11-17/h3-11,18H,1,12-13H2,2H3,(H,23,26)/t18-/m0/s1. The number of nitrogens with one attached hydrogen (secondary N) is 1. The number of methoxy groups -OCH3 is 1. The number of amidine groups is 1. The third-order valence-corrected chi connectivity index (χ3v) is 7.21. The first-order valence-corrected chi connectivity index (χ1v) is 12.1. The average molecular weight is 494 g/mol. The number of sulfonamides is 1. The number of rotatable bonds is 8. The largest absolute Gasteiger partial charge is 0.497 e. The van der Waals surface area contributed by atoms with Gasteiger partial charge < -0.3 is 10.1 Å². The molecule has 2 aromatic rings. The van der Waals surface area contributed by atoms with Crippen LogP contribution in [0.5, 0.6) is 5.75 Å². The van der Waals surface area contributed by atoms with Crippen molar-refractivity contribution in [3.8, 4) is 5.75 Å². The predicted octanol–water partition coefficient (Wildman–Crippen LogP) is 3.55. The van der Waals surface area contributed by atoms with Gasteiger partial charge >= 0.3 is 0 Å². The fourth-order valence-electron chi connectivity index (χ4n) is 2.82. The number of benzene rings is 2. The van der Waals surface area contributed by atoms with Gasteiger partial charge in [0.05, 0.1) is 12.0 Å². The monoisotopic (exact) mass is 493 g/mol. The molecule has 1 atom stereocenters. The van der Waals surface area contributed by atoms with Gasteiger partial charge in [0.2, 0.25) is 11.8 Å². The number of halogens is 1. The van der Waals surface area contributed by atoms with Crippen molar-refractivity contribution >= 4 is 56.1 Å². The minimum atomic E-state index is -4.07. The second-order valence-electron chi connectivity index (χ2n) is 6.63. The number of hydrogen-bond acceptors (Lipinski definition) is 6. The highest BCUT2D eigenvalue weighted by atomic mass is 35.5. The van der Waals surface area contributed by atoms with Crippen molar-refractivity contribution in [3.05, 3.63) is 66.2 Å². The highest BCUT2D eigenvalue weighted by Crippen LogP contribution is 2.31. The van der Waals surface area contributed by atoms with E-state index in [9.17, 15) is 18.0 Å². The zero-order valence-electron chi connectivity index (χ0n) is 17.0. The van der Waals surface area contributed by atoms with Crippen LogP contribution in [0.1, 0.15) is 6.42 Å². The van der Waals surface area contributed by atoms with E-state index in [1.54, 1.807) is 24.3 Å². The summed E-state index contributed by atoms with van der Waals surface area (Å²) in [6.45, 7) is 3.67. The number of amides is 2. The first-order valence-electron chi connectivity index (χ1n) is 9.37. The fourth-order valence-corrected chi connectivity index (χ4v) is 5.31. The van der Waals surface area contributed by atoms with Crippen LogP contribution in [0.3, 0.4) is 0 Å². The van der Waals surface area contributed by atoms with Crippen LogP contribution in [-0.4, -0.2) is 49.2 Å². The average Bonchev–Trinajstić information content (AvgIpc) is 3.03. The van der Waals surface area contributed by atoms with E-state index in [-0.39, 0.29) is 28.9 Å². The van der Waals surface area contributed by atoms with E-state index < -0.39 is 21.2 Å². The molecule has 0 aromatic heterocycles. The summed E-state index contributed by atoms with van der Waals surface area (Å²) in [6, 6.07) is 12.3. The lowest BCUT2D eigenvalue weighted by Gasteiger charge is -2.13. The van der Waals surface area contributed by atoms with E-state index in [4.69, 9.17) is 16.3 Å². The van der Waals surface area contributed by atoms with Crippen molar-refractivity contribution < 1.29 is 22.7 Å². The molecule has 3 rings (SSSR count). The normalized spacial score (nSPS) is 17.4. The molecule has 0 saturated carbocycles. The van der Waals surface area contributed by atoms with Gasteiger partial charge in [-0.05, 0) is 48.5 Å². The summed E-state index contributed by atoms with van der Waals surface area (Å²) in [6.07, 6.45) is 1.31. The van der Waals surface area contributed by atoms with E-state index in [1.807, 2.05) is 0 Å². The lowest BCUT2D eigenvalue weighted by molar-refractivity contribution is -0.127. The topological polar surface area (TPSA) is 105 Å². The van der Waals surface area contributed by atoms with Crippen molar-refractivity contribution in [3.63, 3.8) is 0 Å². The SMILES string of the molecule is C=CCN1C(=O)[C@H](CC(=O)Nc2ccc(OC)cc2)SC1=NS(=O)(=O)c1ccc(Cl)cc1. The second-order valence-corrected chi connectivity index (χ2v) is 9.84. The summed E-state index contributed by atoms with van der Waals surface area (Å²) < 4.78 is 34.3. The van der Waals surface area contributed by atoms with E-state index in [2.05, 4.69) is 16.3 Å². The van der Waals surface area contributed by atoms with Gasteiger partial charge in [-0.15, -0.1) is 11.0 Å². The maximum Gasteiger partial charge on any atom is 0.284 e. The summed E-state index contributed by atoms with van der Waals surface area (Å²) in [5, 5.41) is 2.28. The van der Waals surface area contributed by atoms with Gasteiger partial charge in [-0.2, -0.15) is 8.42 Å². The van der Waals surface area contributed by atoms with Crippen LogP contribution in [0.4, 0.5) is 5.69 Å². The van der Waals surface area contributed by atoms with E-state index in [0.717, 1.165) is 11.8 Å². The molecule has 1 fully saturated rings. The highest BCUT2D eigenvalue weighted by molar-refractivity contribution is 8.16. The molecule has 1 N–H and O–H groups in total. The van der Waals surface area contributed by atoms with Gasteiger partial charge in [-0.25, -0.2) is 0 Å². The van der Waals surface area contributed by atoms with Gasteiger partial charge in [0.25, 0.3) is 10.0 Å². The molecule has 1 saturated heterocycles. The molecule has 0 bridgehead atoms. The molecule has 2 aromatic carbocycles. The lowest BCUT2D eigenvalue weighted by Crippen LogP contribution is -2.33. The molecule has 0 unspecified atom stereocenters. The van der Waals surface area contributed by atoms with E-state index in [0.29, 0.717) is 16.5 Å². The molecule has 0 radical (unpaired) electrons. The van der Waals surface area contributed by atoms with Crippen molar-refractivity contribution in [1.82, 2.24) is 4.90 Å². The Labute approximate surface area is 195 Å². The predicted molar refractivity (Wildman–Crippen MR) is 126 cm³/mol. The number of ether oxygens (including phenoxy) is 1. The Hall–Kier alpha value is -2.82. The Balaban J connectivity index is 1.76. The van der Waals surface area contributed by atoms with Crippen LogP contribution in [-0.2, 0) is 19.6 Å². The maximum atomic E-state index is 12.8. The number of carbonyl (C=O) groups is 2. The Morgan fingerprint density at radius 2 is 1.91 bits per heavy atom. The van der Waals surface area contributed by atoms with Crippen LogP contribution in [0, 0.1) is 0 Å². The Morgan fingerprint density at radius 1 is 1.25 bits per heavy atom. The van der Waals surface area contributed by atoms with Gasteiger partial charge in [0, 0.05) is 23.7 Å². The van der Waals surface area contributed by atoms with Gasteiger partial charge in [-0.1, -0.05) is 29.4 Å². The zero-order chi connectivity index (χ0) is 23.3. The van der Waals surface area contributed by atoms with Crippen LogP contribution >= 0.6 is 23.4 Å².